The molecule has 0 aromatic heterocycles. The van der Waals surface area contributed by atoms with Gasteiger partial charge in [0.05, 0.1) is 6.04 Å². The summed E-state index contributed by atoms with van der Waals surface area (Å²) < 4.78 is 0. The van der Waals surface area contributed by atoms with Crippen molar-refractivity contribution < 1.29 is 14.7 Å². The second-order valence-corrected chi connectivity index (χ2v) is 5.04. The zero-order valence-corrected chi connectivity index (χ0v) is 10.4. The van der Waals surface area contributed by atoms with Crippen molar-refractivity contribution in [1.29, 1.82) is 0 Å². The van der Waals surface area contributed by atoms with Crippen molar-refractivity contribution in [2.24, 2.45) is 0 Å². The molecule has 1 fully saturated rings. The molecule has 0 aliphatic carbocycles. The van der Waals surface area contributed by atoms with Gasteiger partial charge in [-0.25, -0.2) is 0 Å². The predicted molar refractivity (Wildman–Crippen MR) is 64.6 cm³/mol. The quantitative estimate of drug-likeness (QED) is 0.691. The van der Waals surface area contributed by atoms with Gasteiger partial charge in [0.25, 0.3) is 0 Å². The Kier molecular flexibility index (Phi) is 4.28. The number of carbonyl (C=O) groups is 2. The Hall–Kier alpha value is -1.36. The predicted octanol–water partition coefficient (Wildman–Crippen LogP) is 0.616. The molecule has 17 heavy (non-hydrogen) atoms. The van der Waals surface area contributed by atoms with Crippen LogP contribution in [-0.4, -0.2) is 46.6 Å². The SMILES string of the molecule is C=CCN1CC(C)(C)NC(=O)C1CCC(=O)O. The van der Waals surface area contributed by atoms with E-state index in [-0.39, 0.29) is 23.9 Å². The number of carbonyl (C=O) groups excluding carboxylic acids is 1. The smallest absolute Gasteiger partial charge is 0.303 e. The van der Waals surface area contributed by atoms with Crippen molar-refractivity contribution in [2.45, 2.75) is 38.3 Å². The van der Waals surface area contributed by atoms with Gasteiger partial charge in [-0.1, -0.05) is 6.08 Å². The molecule has 1 saturated heterocycles. The molecule has 5 nitrogen and oxygen atoms in total. The van der Waals surface area contributed by atoms with E-state index in [4.69, 9.17) is 5.11 Å². The van der Waals surface area contributed by atoms with Crippen LogP contribution in [0.2, 0.25) is 0 Å². The first kappa shape index (κ1) is 13.7. The summed E-state index contributed by atoms with van der Waals surface area (Å²) in [5.74, 6) is -0.967. The van der Waals surface area contributed by atoms with Gasteiger partial charge in [0.15, 0.2) is 0 Å². The van der Waals surface area contributed by atoms with Crippen molar-refractivity contribution in [1.82, 2.24) is 10.2 Å². The zero-order chi connectivity index (χ0) is 13.1. The van der Waals surface area contributed by atoms with Crippen molar-refractivity contribution in [3.63, 3.8) is 0 Å². The van der Waals surface area contributed by atoms with Crippen molar-refractivity contribution in [2.75, 3.05) is 13.1 Å². The van der Waals surface area contributed by atoms with Gasteiger partial charge in [-0.3, -0.25) is 14.5 Å². The van der Waals surface area contributed by atoms with Crippen LogP contribution in [0.15, 0.2) is 12.7 Å². The highest BCUT2D eigenvalue weighted by molar-refractivity contribution is 5.84. The molecule has 1 unspecified atom stereocenters. The number of carboxylic acids is 1. The maximum atomic E-state index is 11.9. The molecule has 96 valence electrons. The second kappa shape index (κ2) is 5.31. The monoisotopic (exact) mass is 240 g/mol. The van der Waals surface area contributed by atoms with Gasteiger partial charge in [-0.05, 0) is 20.3 Å². The summed E-state index contributed by atoms with van der Waals surface area (Å²) in [6, 6.07) is -0.364. The zero-order valence-electron chi connectivity index (χ0n) is 10.4. The number of amides is 1. The topological polar surface area (TPSA) is 69.6 Å². The van der Waals surface area contributed by atoms with Crippen LogP contribution in [0.5, 0.6) is 0 Å². The lowest BCUT2D eigenvalue weighted by Crippen LogP contribution is -2.64. The fraction of sp³-hybridized carbons (Fsp3) is 0.667. The Bertz CT molecular complexity index is 326. The normalized spacial score (nSPS) is 24.1. The van der Waals surface area contributed by atoms with Crippen LogP contribution >= 0.6 is 0 Å². The highest BCUT2D eigenvalue weighted by atomic mass is 16.4. The summed E-state index contributed by atoms with van der Waals surface area (Å²) in [6.07, 6.45) is 2.08. The fourth-order valence-corrected chi connectivity index (χ4v) is 2.17. The van der Waals surface area contributed by atoms with Crippen LogP contribution in [0, 0.1) is 0 Å². The molecule has 0 radical (unpaired) electrons. The Morgan fingerprint density at radius 3 is 2.88 bits per heavy atom. The molecule has 1 heterocycles. The Balaban J connectivity index is 2.73. The number of carboxylic acid groups (broad SMARTS) is 1. The number of nitrogens with zero attached hydrogens (tertiary/aromatic N) is 1. The molecule has 2 N–H and O–H groups in total. The largest absolute Gasteiger partial charge is 0.481 e. The van der Waals surface area contributed by atoms with E-state index in [9.17, 15) is 9.59 Å². The van der Waals surface area contributed by atoms with Gasteiger partial charge in [-0.2, -0.15) is 0 Å². The van der Waals surface area contributed by atoms with Gasteiger partial charge in [0.1, 0.15) is 0 Å². The molecule has 0 aromatic carbocycles. The van der Waals surface area contributed by atoms with E-state index in [1.54, 1.807) is 6.08 Å². The molecular weight excluding hydrogens is 220 g/mol. The van der Waals surface area contributed by atoms with Crippen LogP contribution in [0.1, 0.15) is 26.7 Å². The first-order valence-electron chi connectivity index (χ1n) is 5.74. The summed E-state index contributed by atoms with van der Waals surface area (Å²) in [7, 11) is 0. The van der Waals surface area contributed by atoms with Gasteiger partial charge < -0.3 is 10.4 Å². The third-order valence-electron chi connectivity index (χ3n) is 2.80. The minimum absolute atomic E-state index is 0.00611. The van der Waals surface area contributed by atoms with E-state index in [0.29, 0.717) is 19.5 Å². The second-order valence-electron chi connectivity index (χ2n) is 5.04. The summed E-state index contributed by atoms with van der Waals surface area (Å²) in [6.45, 7) is 8.87. The Morgan fingerprint density at radius 1 is 1.71 bits per heavy atom. The minimum Gasteiger partial charge on any atom is -0.481 e. The van der Waals surface area contributed by atoms with Crippen LogP contribution in [0.4, 0.5) is 0 Å². The standard InChI is InChI=1S/C12H20N2O3/c1-4-7-14-8-12(2,3)13-11(17)9(14)5-6-10(15)16/h4,9H,1,5-8H2,2-3H3,(H,13,17)(H,15,16). The van der Waals surface area contributed by atoms with Crippen LogP contribution < -0.4 is 5.32 Å². The number of piperazine rings is 1. The minimum atomic E-state index is -0.874. The molecular formula is C12H20N2O3. The maximum Gasteiger partial charge on any atom is 0.303 e. The lowest BCUT2D eigenvalue weighted by molar-refractivity contribution is -0.138. The van der Waals surface area contributed by atoms with Crippen molar-refractivity contribution in [3.8, 4) is 0 Å². The lowest BCUT2D eigenvalue weighted by Gasteiger charge is -2.43. The van der Waals surface area contributed by atoms with Crippen molar-refractivity contribution in [3.05, 3.63) is 12.7 Å². The van der Waals surface area contributed by atoms with Gasteiger partial charge in [0.2, 0.25) is 5.91 Å². The number of rotatable bonds is 5. The fourth-order valence-electron chi connectivity index (χ4n) is 2.17. The molecule has 1 rings (SSSR count). The van der Waals surface area contributed by atoms with Crippen LogP contribution in [0.3, 0.4) is 0 Å². The average Bonchev–Trinajstić information content (AvgIpc) is 2.14. The van der Waals surface area contributed by atoms with E-state index in [2.05, 4.69) is 11.9 Å². The molecule has 1 aliphatic heterocycles. The molecule has 0 aromatic rings. The van der Waals surface area contributed by atoms with E-state index in [1.807, 2.05) is 18.7 Å². The van der Waals surface area contributed by atoms with Crippen LogP contribution in [0.25, 0.3) is 0 Å². The summed E-state index contributed by atoms with van der Waals surface area (Å²) >= 11 is 0. The highest BCUT2D eigenvalue weighted by Gasteiger charge is 2.37. The Labute approximate surface area is 101 Å². The number of aliphatic carboxylic acids is 1. The number of hydrogen-bond donors (Lipinski definition) is 2. The third kappa shape index (κ3) is 3.85. The van der Waals surface area contributed by atoms with Gasteiger partial charge in [-0.15, -0.1) is 6.58 Å². The first-order valence-corrected chi connectivity index (χ1v) is 5.74. The summed E-state index contributed by atoms with van der Waals surface area (Å²) in [5, 5.41) is 11.6. The van der Waals surface area contributed by atoms with Gasteiger partial charge in [0, 0.05) is 25.0 Å². The molecule has 1 amide bonds. The van der Waals surface area contributed by atoms with Crippen LogP contribution in [-0.2, 0) is 9.59 Å². The van der Waals surface area contributed by atoms with E-state index >= 15 is 0 Å². The summed E-state index contributed by atoms with van der Waals surface area (Å²) in [4.78, 5) is 24.5. The Morgan fingerprint density at radius 2 is 2.35 bits per heavy atom. The van der Waals surface area contributed by atoms with E-state index in [0.717, 1.165) is 0 Å². The molecule has 1 aliphatic rings. The van der Waals surface area contributed by atoms with Gasteiger partial charge >= 0.3 is 5.97 Å². The first-order chi connectivity index (χ1) is 7.85. The van der Waals surface area contributed by atoms with E-state index in [1.165, 1.54) is 0 Å². The lowest BCUT2D eigenvalue weighted by atomic mass is 9.96. The molecule has 5 heteroatoms. The highest BCUT2D eigenvalue weighted by Crippen LogP contribution is 2.19. The number of nitrogens with one attached hydrogen (secondary N) is 1. The summed E-state index contributed by atoms with van der Waals surface area (Å²) in [5.41, 5.74) is -0.278. The molecule has 0 bridgehead atoms. The molecule has 0 saturated carbocycles. The van der Waals surface area contributed by atoms with Crippen molar-refractivity contribution >= 4 is 11.9 Å². The maximum absolute atomic E-state index is 11.9. The average molecular weight is 240 g/mol. The number of hydrogen-bond acceptors (Lipinski definition) is 3. The molecule has 1 atom stereocenters. The van der Waals surface area contributed by atoms with E-state index < -0.39 is 5.97 Å². The third-order valence-corrected chi connectivity index (χ3v) is 2.80. The molecule has 0 spiro atoms.